The van der Waals surface area contributed by atoms with Crippen molar-refractivity contribution >= 4 is 34.1 Å². The van der Waals surface area contributed by atoms with Gasteiger partial charge in [0.1, 0.15) is 18.1 Å². The molecule has 1 aromatic carbocycles. The molecule has 2 rings (SSSR count). The summed E-state index contributed by atoms with van der Waals surface area (Å²) in [6.07, 6.45) is -5.10. The fourth-order valence-corrected chi connectivity index (χ4v) is 2.25. The number of alkyl halides is 3. The molecule has 0 aliphatic carbocycles. The summed E-state index contributed by atoms with van der Waals surface area (Å²) in [5, 5.41) is 14.7. The van der Waals surface area contributed by atoms with Crippen LogP contribution in [0.15, 0.2) is 34.8 Å². The number of nitrogens with zero attached hydrogens (tertiary/aromatic N) is 2. The van der Waals surface area contributed by atoms with Crippen LogP contribution in [0.4, 0.5) is 22.7 Å². The van der Waals surface area contributed by atoms with Crippen LogP contribution in [0, 0.1) is 5.82 Å². The van der Waals surface area contributed by atoms with Crippen molar-refractivity contribution in [1.82, 2.24) is 4.98 Å². The Morgan fingerprint density at radius 1 is 1.27 bits per heavy atom. The molecule has 7 nitrogen and oxygen atoms in total. The van der Waals surface area contributed by atoms with E-state index in [2.05, 4.69) is 10.1 Å². The second-order valence-electron chi connectivity index (χ2n) is 4.63. The maximum atomic E-state index is 12.8. The molecular formula is C14H9F4N3O4S. The summed E-state index contributed by atoms with van der Waals surface area (Å²) in [6, 6.07) is 5.16. The second kappa shape index (κ2) is 7.91. The number of oxime groups is 1. The highest BCUT2D eigenvalue weighted by molar-refractivity contribution is 7.14. The van der Waals surface area contributed by atoms with Crippen molar-refractivity contribution < 1.29 is 37.1 Å². The summed E-state index contributed by atoms with van der Waals surface area (Å²) in [4.78, 5) is 30.5. The van der Waals surface area contributed by atoms with E-state index in [1.54, 1.807) is 0 Å². The summed E-state index contributed by atoms with van der Waals surface area (Å²) < 4.78 is 49.3. The molecule has 0 saturated heterocycles. The Balaban J connectivity index is 2.08. The van der Waals surface area contributed by atoms with Gasteiger partial charge in [0.15, 0.2) is 5.13 Å². The third-order valence-corrected chi connectivity index (χ3v) is 3.49. The molecule has 1 heterocycles. The largest absolute Gasteiger partial charge is 0.476 e. The number of benzene rings is 1. The molecule has 138 valence electrons. The Kier molecular flexibility index (Phi) is 5.87. The highest BCUT2D eigenvalue weighted by Gasteiger charge is 2.39. The third kappa shape index (κ3) is 5.24. The van der Waals surface area contributed by atoms with E-state index in [0.717, 1.165) is 5.38 Å². The number of rotatable bonds is 6. The van der Waals surface area contributed by atoms with Gasteiger partial charge >= 0.3 is 18.1 Å². The van der Waals surface area contributed by atoms with E-state index in [4.69, 9.17) is 9.94 Å². The number of aromatic nitrogens is 1. The zero-order valence-electron chi connectivity index (χ0n) is 12.6. The molecular weight excluding hydrogens is 382 g/mol. The van der Waals surface area contributed by atoms with Crippen LogP contribution in [-0.2, 0) is 21.0 Å². The lowest BCUT2D eigenvalue weighted by Crippen LogP contribution is -2.29. The van der Waals surface area contributed by atoms with Crippen molar-refractivity contribution in [2.75, 3.05) is 5.32 Å². The molecule has 26 heavy (non-hydrogen) atoms. The van der Waals surface area contributed by atoms with E-state index in [1.165, 1.54) is 29.6 Å². The van der Waals surface area contributed by atoms with Crippen LogP contribution in [0.3, 0.4) is 0 Å². The summed E-state index contributed by atoms with van der Waals surface area (Å²) in [6.45, 7) is -0.168. The van der Waals surface area contributed by atoms with Crippen LogP contribution < -0.4 is 5.32 Å². The third-order valence-electron chi connectivity index (χ3n) is 2.73. The van der Waals surface area contributed by atoms with Gasteiger partial charge < -0.3 is 9.94 Å². The first-order chi connectivity index (χ1) is 12.2. The average molecular weight is 391 g/mol. The number of carbonyl (C=O) groups is 2. The number of hydrogen-bond donors (Lipinski definition) is 2. The lowest BCUT2D eigenvalue weighted by Gasteiger charge is -2.04. The van der Waals surface area contributed by atoms with E-state index < -0.39 is 34.7 Å². The van der Waals surface area contributed by atoms with Crippen LogP contribution in [-0.4, -0.2) is 33.9 Å². The molecule has 0 aliphatic heterocycles. The van der Waals surface area contributed by atoms with E-state index in [-0.39, 0.29) is 12.3 Å². The van der Waals surface area contributed by atoms with Gasteiger partial charge in [-0.1, -0.05) is 17.3 Å². The number of halogens is 4. The minimum absolute atomic E-state index is 0.168. The summed E-state index contributed by atoms with van der Waals surface area (Å²) >= 11 is 0.587. The second-order valence-corrected chi connectivity index (χ2v) is 5.49. The molecule has 1 amide bonds. The van der Waals surface area contributed by atoms with Crippen molar-refractivity contribution in [3.05, 3.63) is 46.7 Å². The predicted octanol–water partition coefficient (Wildman–Crippen LogP) is 2.79. The first-order valence-corrected chi connectivity index (χ1v) is 7.56. The zero-order valence-corrected chi connectivity index (χ0v) is 13.4. The number of hydrogen-bond acceptors (Lipinski definition) is 6. The maximum Gasteiger partial charge on any atom is 0.471 e. The van der Waals surface area contributed by atoms with Crippen LogP contribution in [0.2, 0.25) is 0 Å². The Morgan fingerprint density at radius 2 is 1.92 bits per heavy atom. The number of nitrogens with one attached hydrogen (secondary N) is 1. The first kappa shape index (κ1) is 19.3. The Labute approximate surface area is 146 Å². The summed E-state index contributed by atoms with van der Waals surface area (Å²) in [5.41, 5.74) is -0.453. The normalized spacial score (nSPS) is 11.9. The molecule has 1 aromatic heterocycles. The van der Waals surface area contributed by atoms with Gasteiger partial charge in [0.05, 0.1) is 0 Å². The fourth-order valence-electron chi connectivity index (χ4n) is 1.56. The molecule has 0 radical (unpaired) electrons. The van der Waals surface area contributed by atoms with Gasteiger partial charge in [0, 0.05) is 5.38 Å². The molecule has 12 heteroatoms. The van der Waals surface area contributed by atoms with Gasteiger partial charge in [-0.05, 0) is 17.7 Å². The zero-order chi connectivity index (χ0) is 19.3. The number of anilines is 1. The van der Waals surface area contributed by atoms with Crippen molar-refractivity contribution in [3.63, 3.8) is 0 Å². The monoisotopic (exact) mass is 391 g/mol. The number of carbonyl (C=O) groups excluding carboxylic acids is 1. The minimum Gasteiger partial charge on any atom is -0.476 e. The number of aliphatic carboxylic acids is 1. The topological polar surface area (TPSA) is 101 Å². The number of thiazole rings is 1. The quantitative estimate of drug-likeness (QED) is 0.448. The number of carboxylic acids is 1. The van der Waals surface area contributed by atoms with Crippen LogP contribution in [0.25, 0.3) is 0 Å². The molecule has 0 saturated carbocycles. The fraction of sp³-hybridized carbons (Fsp3) is 0.143. The smallest absolute Gasteiger partial charge is 0.471 e. The predicted molar refractivity (Wildman–Crippen MR) is 82.2 cm³/mol. The summed E-state index contributed by atoms with van der Waals surface area (Å²) in [7, 11) is 0. The van der Waals surface area contributed by atoms with E-state index in [9.17, 15) is 27.2 Å². The van der Waals surface area contributed by atoms with Crippen molar-refractivity contribution in [2.24, 2.45) is 5.16 Å². The van der Waals surface area contributed by atoms with Crippen molar-refractivity contribution in [1.29, 1.82) is 0 Å². The van der Waals surface area contributed by atoms with Crippen LogP contribution >= 0.6 is 11.3 Å². The van der Waals surface area contributed by atoms with Crippen molar-refractivity contribution in [3.8, 4) is 0 Å². The van der Waals surface area contributed by atoms with E-state index in [1.807, 2.05) is 0 Å². The molecule has 0 unspecified atom stereocenters. The van der Waals surface area contributed by atoms with Gasteiger partial charge in [0.25, 0.3) is 0 Å². The number of amides is 1. The van der Waals surface area contributed by atoms with E-state index >= 15 is 0 Å². The highest BCUT2D eigenvalue weighted by atomic mass is 32.1. The molecule has 0 fully saturated rings. The van der Waals surface area contributed by atoms with Crippen molar-refractivity contribution in [2.45, 2.75) is 12.8 Å². The van der Waals surface area contributed by atoms with Gasteiger partial charge in [-0.3, -0.25) is 10.1 Å². The number of carboxylic acid groups (broad SMARTS) is 1. The Hall–Kier alpha value is -3.02. The van der Waals surface area contributed by atoms with Crippen LogP contribution in [0.5, 0.6) is 0 Å². The van der Waals surface area contributed by atoms with Gasteiger partial charge in [-0.15, -0.1) is 11.3 Å². The first-order valence-electron chi connectivity index (χ1n) is 6.68. The molecule has 2 aromatic rings. The Morgan fingerprint density at radius 3 is 2.50 bits per heavy atom. The molecule has 2 N–H and O–H groups in total. The standard InChI is InChI=1S/C14H9F4N3O4S/c15-8-3-1-7(2-4-8)5-25-21-10(11(22)23)9-6-26-13(19-9)20-12(24)14(16,17)18/h1-4,6H,5H2,(H,22,23)(H,19,20,24)/b21-10-. The Bertz CT molecular complexity index is 833. The van der Waals surface area contributed by atoms with E-state index in [0.29, 0.717) is 16.9 Å². The summed E-state index contributed by atoms with van der Waals surface area (Å²) in [5.74, 6) is -4.23. The highest BCUT2D eigenvalue weighted by Crippen LogP contribution is 2.21. The minimum atomic E-state index is -5.10. The molecule has 0 aliphatic rings. The lowest BCUT2D eigenvalue weighted by atomic mass is 10.2. The molecule has 0 bridgehead atoms. The van der Waals surface area contributed by atoms with Gasteiger partial charge in [-0.2, -0.15) is 13.2 Å². The van der Waals surface area contributed by atoms with Gasteiger partial charge in [0.2, 0.25) is 5.71 Å². The van der Waals surface area contributed by atoms with Crippen LogP contribution in [0.1, 0.15) is 11.3 Å². The average Bonchev–Trinajstić information content (AvgIpc) is 3.00. The maximum absolute atomic E-state index is 12.8. The molecule has 0 spiro atoms. The molecule has 0 atom stereocenters. The lowest BCUT2D eigenvalue weighted by molar-refractivity contribution is -0.167. The van der Waals surface area contributed by atoms with Gasteiger partial charge in [-0.25, -0.2) is 14.2 Å². The SMILES string of the molecule is O=C(O)/C(=N\OCc1ccc(F)cc1)c1csc(NC(=O)C(F)(F)F)n1.